The summed E-state index contributed by atoms with van der Waals surface area (Å²) in [5.41, 5.74) is 0.441. The van der Waals surface area contributed by atoms with E-state index >= 15 is 0 Å². The fraction of sp³-hybridized carbons (Fsp3) is 0.0714. The number of carbonyl (C=O) groups excluding carboxylic acids is 1. The van der Waals surface area contributed by atoms with Gasteiger partial charge in [0.2, 0.25) is 0 Å². The van der Waals surface area contributed by atoms with Crippen LogP contribution in [0, 0.1) is 11.6 Å². The SMILES string of the molecule is COc1ccc(C(=O)c2ccc(F)c(F)c2Br)cc1. The zero-order valence-electron chi connectivity index (χ0n) is 9.91. The highest BCUT2D eigenvalue weighted by Crippen LogP contribution is 2.25. The quantitative estimate of drug-likeness (QED) is 0.630. The molecular formula is C14H9BrF2O2. The average Bonchev–Trinajstić information content (AvgIpc) is 2.44. The zero-order valence-corrected chi connectivity index (χ0v) is 11.5. The third-order valence-corrected chi connectivity index (χ3v) is 3.41. The fourth-order valence-electron chi connectivity index (χ4n) is 1.60. The van der Waals surface area contributed by atoms with Crippen LogP contribution in [0.15, 0.2) is 40.9 Å². The van der Waals surface area contributed by atoms with E-state index in [9.17, 15) is 13.6 Å². The Morgan fingerprint density at radius 3 is 2.32 bits per heavy atom. The van der Waals surface area contributed by atoms with Gasteiger partial charge in [0.1, 0.15) is 5.75 Å². The van der Waals surface area contributed by atoms with Crippen LogP contribution in [0.2, 0.25) is 0 Å². The Morgan fingerprint density at radius 1 is 1.11 bits per heavy atom. The molecule has 0 radical (unpaired) electrons. The smallest absolute Gasteiger partial charge is 0.194 e. The van der Waals surface area contributed by atoms with Gasteiger partial charge in [-0.2, -0.15) is 0 Å². The molecule has 0 aliphatic heterocycles. The first kappa shape index (κ1) is 13.7. The number of carbonyl (C=O) groups is 1. The number of hydrogen-bond donors (Lipinski definition) is 0. The Morgan fingerprint density at radius 2 is 1.74 bits per heavy atom. The van der Waals surface area contributed by atoms with Gasteiger partial charge in [0, 0.05) is 11.1 Å². The molecule has 2 rings (SSSR count). The number of ketones is 1. The number of rotatable bonds is 3. The maximum Gasteiger partial charge on any atom is 0.194 e. The van der Waals surface area contributed by atoms with Gasteiger partial charge in [-0.1, -0.05) is 0 Å². The second-order valence-corrected chi connectivity index (χ2v) is 4.57. The van der Waals surface area contributed by atoms with Crippen LogP contribution >= 0.6 is 15.9 Å². The molecule has 5 heteroatoms. The molecule has 2 nitrogen and oxygen atoms in total. The second kappa shape index (κ2) is 5.48. The van der Waals surface area contributed by atoms with Crippen LogP contribution in [0.1, 0.15) is 15.9 Å². The standard InChI is InChI=1S/C14H9BrF2O2/c1-19-9-4-2-8(3-5-9)14(18)10-6-7-11(16)13(17)12(10)15/h2-7H,1H3. The van der Waals surface area contributed by atoms with Gasteiger partial charge in [0.05, 0.1) is 11.6 Å². The molecule has 0 aromatic heterocycles. The van der Waals surface area contributed by atoms with Crippen LogP contribution in [-0.4, -0.2) is 12.9 Å². The first-order valence-corrected chi connectivity index (χ1v) is 6.16. The van der Waals surface area contributed by atoms with Gasteiger partial charge in [0.15, 0.2) is 17.4 Å². The first-order chi connectivity index (χ1) is 9.04. The molecule has 2 aromatic carbocycles. The highest BCUT2D eigenvalue weighted by molar-refractivity contribution is 9.10. The summed E-state index contributed by atoms with van der Waals surface area (Å²) < 4.78 is 31.2. The summed E-state index contributed by atoms with van der Waals surface area (Å²) in [4.78, 5) is 12.2. The lowest BCUT2D eigenvalue weighted by atomic mass is 10.0. The molecule has 0 aliphatic rings. The molecule has 0 spiro atoms. The van der Waals surface area contributed by atoms with Gasteiger partial charge in [-0.3, -0.25) is 4.79 Å². The second-order valence-electron chi connectivity index (χ2n) is 3.78. The normalized spacial score (nSPS) is 10.3. The Balaban J connectivity index is 2.41. The Labute approximate surface area is 117 Å². The van der Waals surface area contributed by atoms with Crippen molar-refractivity contribution in [2.75, 3.05) is 7.11 Å². The van der Waals surface area contributed by atoms with Crippen LogP contribution in [0.4, 0.5) is 8.78 Å². The van der Waals surface area contributed by atoms with Crippen molar-refractivity contribution >= 4 is 21.7 Å². The zero-order chi connectivity index (χ0) is 14.0. The molecule has 0 amide bonds. The predicted molar refractivity (Wildman–Crippen MR) is 70.5 cm³/mol. The van der Waals surface area contributed by atoms with E-state index in [-0.39, 0.29) is 10.0 Å². The maximum atomic E-state index is 13.4. The number of halogens is 3. The van der Waals surface area contributed by atoms with Crippen molar-refractivity contribution in [3.63, 3.8) is 0 Å². The third-order valence-electron chi connectivity index (χ3n) is 2.63. The molecule has 0 unspecified atom stereocenters. The van der Waals surface area contributed by atoms with Crippen LogP contribution < -0.4 is 4.74 Å². The van der Waals surface area contributed by atoms with Gasteiger partial charge in [-0.25, -0.2) is 8.78 Å². The van der Waals surface area contributed by atoms with Crippen molar-refractivity contribution in [3.05, 3.63) is 63.6 Å². The highest BCUT2D eigenvalue weighted by atomic mass is 79.9. The highest BCUT2D eigenvalue weighted by Gasteiger charge is 2.18. The van der Waals surface area contributed by atoms with E-state index in [1.807, 2.05) is 0 Å². The van der Waals surface area contributed by atoms with E-state index in [1.54, 1.807) is 24.3 Å². The predicted octanol–water partition coefficient (Wildman–Crippen LogP) is 3.97. The van der Waals surface area contributed by atoms with Crippen molar-refractivity contribution in [1.29, 1.82) is 0 Å². The summed E-state index contributed by atoms with van der Waals surface area (Å²) >= 11 is 2.90. The Bertz CT molecular complexity index is 624. The van der Waals surface area contributed by atoms with E-state index in [4.69, 9.17) is 4.74 Å². The Kier molecular flexibility index (Phi) is 3.95. The van der Waals surface area contributed by atoms with Crippen molar-refractivity contribution in [2.45, 2.75) is 0 Å². The molecule has 0 saturated heterocycles. The lowest BCUT2D eigenvalue weighted by Gasteiger charge is -2.06. The van der Waals surface area contributed by atoms with E-state index in [0.717, 1.165) is 6.07 Å². The fourth-order valence-corrected chi connectivity index (χ4v) is 2.10. The minimum Gasteiger partial charge on any atom is -0.497 e. The van der Waals surface area contributed by atoms with Crippen LogP contribution in [0.5, 0.6) is 5.75 Å². The molecule has 0 saturated carbocycles. The van der Waals surface area contributed by atoms with Crippen molar-refractivity contribution < 1.29 is 18.3 Å². The van der Waals surface area contributed by atoms with Gasteiger partial charge in [-0.05, 0) is 52.3 Å². The summed E-state index contributed by atoms with van der Waals surface area (Å²) in [5, 5.41) is 0. The van der Waals surface area contributed by atoms with Crippen LogP contribution in [0.3, 0.4) is 0 Å². The van der Waals surface area contributed by atoms with Crippen LogP contribution in [0.25, 0.3) is 0 Å². The Hall–Kier alpha value is -1.75. The molecule has 2 aromatic rings. The molecule has 0 aliphatic carbocycles. The molecule has 19 heavy (non-hydrogen) atoms. The lowest BCUT2D eigenvalue weighted by molar-refractivity contribution is 0.103. The molecule has 0 fully saturated rings. The van der Waals surface area contributed by atoms with Crippen molar-refractivity contribution in [3.8, 4) is 5.75 Å². The molecule has 98 valence electrons. The number of hydrogen-bond acceptors (Lipinski definition) is 2. The van der Waals surface area contributed by atoms with E-state index in [2.05, 4.69) is 15.9 Å². The molecule has 0 heterocycles. The van der Waals surface area contributed by atoms with Gasteiger partial charge >= 0.3 is 0 Å². The van der Waals surface area contributed by atoms with Crippen molar-refractivity contribution in [1.82, 2.24) is 0 Å². The lowest BCUT2D eigenvalue weighted by Crippen LogP contribution is -2.04. The molecule has 0 bridgehead atoms. The topological polar surface area (TPSA) is 26.3 Å². The number of ether oxygens (including phenoxy) is 1. The van der Waals surface area contributed by atoms with E-state index < -0.39 is 17.4 Å². The minimum atomic E-state index is -1.07. The largest absolute Gasteiger partial charge is 0.497 e. The van der Waals surface area contributed by atoms with Gasteiger partial charge in [0.25, 0.3) is 0 Å². The summed E-state index contributed by atoms with van der Waals surface area (Å²) in [5.74, 6) is -1.85. The number of methoxy groups -OCH3 is 1. The first-order valence-electron chi connectivity index (χ1n) is 5.37. The molecule has 0 N–H and O–H groups in total. The van der Waals surface area contributed by atoms with Gasteiger partial charge < -0.3 is 4.74 Å². The molecule has 0 atom stereocenters. The van der Waals surface area contributed by atoms with E-state index in [1.165, 1.54) is 13.2 Å². The van der Waals surface area contributed by atoms with Crippen LogP contribution in [-0.2, 0) is 0 Å². The average molecular weight is 327 g/mol. The maximum absolute atomic E-state index is 13.4. The van der Waals surface area contributed by atoms with Crippen molar-refractivity contribution in [2.24, 2.45) is 0 Å². The van der Waals surface area contributed by atoms with E-state index in [0.29, 0.717) is 11.3 Å². The third kappa shape index (κ3) is 2.66. The summed E-state index contributed by atoms with van der Waals surface area (Å²) in [6.45, 7) is 0. The minimum absolute atomic E-state index is 0.0732. The van der Waals surface area contributed by atoms with Gasteiger partial charge in [-0.15, -0.1) is 0 Å². The summed E-state index contributed by atoms with van der Waals surface area (Å²) in [6.07, 6.45) is 0. The summed E-state index contributed by atoms with van der Waals surface area (Å²) in [6, 6.07) is 8.55. The number of benzene rings is 2. The summed E-state index contributed by atoms with van der Waals surface area (Å²) in [7, 11) is 1.52. The monoisotopic (exact) mass is 326 g/mol. The molecular weight excluding hydrogens is 318 g/mol.